The van der Waals surface area contributed by atoms with Crippen LogP contribution in [0.2, 0.25) is 0 Å². The molecule has 24 heavy (non-hydrogen) atoms. The molecule has 0 spiro atoms. The van der Waals surface area contributed by atoms with E-state index in [0.29, 0.717) is 5.56 Å². The van der Waals surface area contributed by atoms with Crippen LogP contribution in [0.25, 0.3) is 0 Å². The number of benzene rings is 1. The number of amides is 1. The van der Waals surface area contributed by atoms with Crippen LogP contribution >= 0.6 is 0 Å². The Labute approximate surface area is 138 Å². The maximum Gasteiger partial charge on any atom is 0.342 e. The predicted octanol–water partition coefficient (Wildman–Crippen LogP) is 1.66. The first-order valence-electron chi connectivity index (χ1n) is 7.20. The van der Waals surface area contributed by atoms with Gasteiger partial charge < -0.3 is 9.15 Å². The Bertz CT molecular complexity index is 755. The Morgan fingerprint density at radius 3 is 2.54 bits per heavy atom. The third-order valence-corrected chi connectivity index (χ3v) is 3.14. The van der Waals surface area contributed by atoms with Gasteiger partial charge in [-0.05, 0) is 25.0 Å². The van der Waals surface area contributed by atoms with Crippen LogP contribution in [0.4, 0.5) is 0 Å². The van der Waals surface area contributed by atoms with E-state index < -0.39 is 24.1 Å². The quantitative estimate of drug-likeness (QED) is 0.639. The smallest absolute Gasteiger partial charge is 0.342 e. The highest BCUT2D eigenvalue weighted by Gasteiger charge is 2.17. The first-order chi connectivity index (χ1) is 11.5. The van der Waals surface area contributed by atoms with E-state index in [1.807, 2.05) is 30.3 Å². The Kier molecular flexibility index (Phi) is 5.86. The van der Waals surface area contributed by atoms with Crippen LogP contribution in [0, 0.1) is 13.8 Å². The molecule has 0 radical (unpaired) electrons. The molecule has 7 nitrogen and oxygen atoms in total. The van der Waals surface area contributed by atoms with Crippen molar-refractivity contribution in [3.05, 3.63) is 69.3 Å². The van der Waals surface area contributed by atoms with Gasteiger partial charge in [-0.3, -0.25) is 9.63 Å². The summed E-state index contributed by atoms with van der Waals surface area (Å²) in [4.78, 5) is 39.8. The highest BCUT2D eigenvalue weighted by Crippen LogP contribution is 2.12. The number of hydrogen-bond donors (Lipinski definition) is 1. The molecule has 0 aliphatic carbocycles. The van der Waals surface area contributed by atoms with Gasteiger partial charge in [0.05, 0.1) is 6.61 Å². The zero-order valence-corrected chi connectivity index (χ0v) is 13.3. The van der Waals surface area contributed by atoms with Gasteiger partial charge in [-0.25, -0.2) is 15.1 Å². The van der Waals surface area contributed by atoms with Gasteiger partial charge >= 0.3 is 11.6 Å². The van der Waals surface area contributed by atoms with Crippen LogP contribution in [0.5, 0.6) is 0 Å². The number of aryl methyl sites for hydroxylation is 2. The SMILES string of the molecule is Cc1cc(=O)oc(C)c1C(=O)OCC(=O)NOCc1ccccc1. The Morgan fingerprint density at radius 1 is 1.17 bits per heavy atom. The van der Waals surface area contributed by atoms with Crippen molar-refractivity contribution < 1.29 is 23.6 Å². The molecule has 0 aliphatic rings. The Balaban J connectivity index is 1.81. The molecule has 0 bridgehead atoms. The standard InChI is InChI=1S/C17H17NO6/c1-11-8-15(20)24-12(2)16(11)17(21)22-10-14(19)18-23-9-13-6-4-3-5-7-13/h3-8H,9-10H2,1-2H3,(H,18,19). The molecule has 0 atom stereocenters. The van der Waals surface area contributed by atoms with Gasteiger partial charge in [0.15, 0.2) is 6.61 Å². The summed E-state index contributed by atoms with van der Waals surface area (Å²) in [6.07, 6.45) is 0. The molecule has 1 N–H and O–H groups in total. The second-order valence-electron chi connectivity index (χ2n) is 5.06. The van der Waals surface area contributed by atoms with Gasteiger partial charge in [0, 0.05) is 6.07 Å². The lowest BCUT2D eigenvalue weighted by Gasteiger charge is -2.09. The zero-order chi connectivity index (χ0) is 17.5. The molecule has 1 aromatic carbocycles. The van der Waals surface area contributed by atoms with Crippen molar-refractivity contribution in [3.8, 4) is 0 Å². The van der Waals surface area contributed by atoms with Crippen molar-refractivity contribution >= 4 is 11.9 Å². The number of carbonyl (C=O) groups excluding carboxylic acids is 2. The van der Waals surface area contributed by atoms with Crippen LogP contribution in [0.3, 0.4) is 0 Å². The molecule has 0 aliphatic heterocycles. The summed E-state index contributed by atoms with van der Waals surface area (Å²) < 4.78 is 9.75. The van der Waals surface area contributed by atoms with Gasteiger partial charge in [-0.1, -0.05) is 30.3 Å². The third-order valence-electron chi connectivity index (χ3n) is 3.14. The number of carbonyl (C=O) groups is 2. The zero-order valence-electron chi connectivity index (χ0n) is 13.3. The first kappa shape index (κ1) is 17.4. The van der Waals surface area contributed by atoms with Crippen LogP contribution in [0.15, 0.2) is 45.6 Å². The molecule has 0 saturated carbocycles. The monoisotopic (exact) mass is 331 g/mol. The topological polar surface area (TPSA) is 94.8 Å². The minimum Gasteiger partial charge on any atom is -0.452 e. The molecule has 7 heteroatoms. The van der Waals surface area contributed by atoms with E-state index in [9.17, 15) is 14.4 Å². The van der Waals surface area contributed by atoms with Crippen molar-refractivity contribution in [2.45, 2.75) is 20.5 Å². The number of nitrogens with one attached hydrogen (secondary N) is 1. The van der Waals surface area contributed by atoms with E-state index >= 15 is 0 Å². The highest BCUT2D eigenvalue weighted by atomic mass is 16.7. The fourth-order valence-corrected chi connectivity index (χ4v) is 2.07. The molecule has 0 saturated heterocycles. The van der Waals surface area contributed by atoms with Crippen LogP contribution in [0.1, 0.15) is 27.2 Å². The third kappa shape index (κ3) is 4.79. The van der Waals surface area contributed by atoms with Gasteiger partial charge in [0.25, 0.3) is 5.91 Å². The lowest BCUT2D eigenvalue weighted by Crippen LogP contribution is -2.29. The largest absolute Gasteiger partial charge is 0.452 e. The maximum absolute atomic E-state index is 12.0. The number of rotatable bonds is 6. The lowest BCUT2D eigenvalue weighted by atomic mass is 10.1. The summed E-state index contributed by atoms with van der Waals surface area (Å²) in [5.41, 5.74) is 3.09. The molecule has 2 aromatic rings. The minimum absolute atomic E-state index is 0.132. The Morgan fingerprint density at radius 2 is 1.88 bits per heavy atom. The molecule has 1 amide bonds. The van der Waals surface area contributed by atoms with E-state index in [-0.39, 0.29) is 17.9 Å². The molecule has 1 heterocycles. The van der Waals surface area contributed by atoms with Crippen molar-refractivity contribution in [2.75, 3.05) is 6.61 Å². The number of ether oxygens (including phenoxy) is 1. The van der Waals surface area contributed by atoms with Crippen molar-refractivity contribution in [1.29, 1.82) is 0 Å². The van der Waals surface area contributed by atoms with Crippen LogP contribution in [-0.2, 0) is 21.0 Å². The fourth-order valence-electron chi connectivity index (χ4n) is 2.07. The highest BCUT2D eigenvalue weighted by molar-refractivity contribution is 5.93. The average molecular weight is 331 g/mol. The number of esters is 1. The van der Waals surface area contributed by atoms with E-state index in [1.165, 1.54) is 13.0 Å². The molecule has 1 aromatic heterocycles. The van der Waals surface area contributed by atoms with E-state index in [4.69, 9.17) is 14.0 Å². The second-order valence-corrected chi connectivity index (χ2v) is 5.06. The molecule has 0 unspecified atom stereocenters. The number of hydroxylamine groups is 1. The number of hydrogen-bond acceptors (Lipinski definition) is 6. The summed E-state index contributed by atoms with van der Waals surface area (Å²) >= 11 is 0. The van der Waals surface area contributed by atoms with Crippen molar-refractivity contribution in [3.63, 3.8) is 0 Å². The van der Waals surface area contributed by atoms with Gasteiger partial charge in [-0.15, -0.1) is 0 Å². The summed E-state index contributed by atoms with van der Waals surface area (Å²) in [6.45, 7) is 2.76. The van der Waals surface area contributed by atoms with Gasteiger partial charge in [-0.2, -0.15) is 0 Å². The molecular weight excluding hydrogens is 314 g/mol. The Hall–Kier alpha value is -2.93. The first-order valence-corrected chi connectivity index (χ1v) is 7.20. The summed E-state index contributed by atoms with van der Waals surface area (Å²) in [6, 6.07) is 10.5. The molecule has 0 fully saturated rings. The summed E-state index contributed by atoms with van der Waals surface area (Å²) in [7, 11) is 0. The average Bonchev–Trinajstić information content (AvgIpc) is 2.53. The fraction of sp³-hybridized carbons (Fsp3) is 0.235. The van der Waals surface area contributed by atoms with E-state index in [0.717, 1.165) is 5.56 Å². The van der Waals surface area contributed by atoms with Crippen LogP contribution < -0.4 is 11.1 Å². The second kappa shape index (κ2) is 8.07. The van der Waals surface area contributed by atoms with Crippen molar-refractivity contribution in [1.82, 2.24) is 5.48 Å². The van der Waals surface area contributed by atoms with E-state index in [1.54, 1.807) is 6.92 Å². The van der Waals surface area contributed by atoms with Crippen LogP contribution in [-0.4, -0.2) is 18.5 Å². The van der Waals surface area contributed by atoms with E-state index in [2.05, 4.69) is 5.48 Å². The molecule has 2 rings (SSSR count). The summed E-state index contributed by atoms with van der Waals surface area (Å²) in [5, 5.41) is 0. The van der Waals surface area contributed by atoms with Gasteiger partial charge in [0.1, 0.15) is 11.3 Å². The predicted molar refractivity (Wildman–Crippen MR) is 84.1 cm³/mol. The van der Waals surface area contributed by atoms with Gasteiger partial charge in [0.2, 0.25) is 0 Å². The normalized spacial score (nSPS) is 10.2. The lowest BCUT2D eigenvalue weighted by molar-refractivity contribution is -0.137. The maximum atomic E-state index is 12.0. The molecular formula is C17H17NO6. The van der Waals surface area contributed by atoms with Crippen molar-refractivity contribution in [2.24, 2.45) is 0 Å². The minimum atomic E-state index is -0.744. The summed E-state index contributed by atoms with van der Waals surface area (Å²) in [5.74, 6) is -1.20. The molecule has 126 valence electrons.